The summed E-state index contributed by atoms with van der Waals surface area (Å²) < 4.78 is 0. The Morgan fingerprint density at radius 1 is 1.19 bits per heavy atom. The molecule has 146 valence electrons. The number of urea groups is 1. The quantitative estimate of drug-likeness (QED) is 0.586. The first-order chi connectivity index (χ1) is 12.8. The number of hydrogen-bond donors (Lipinski definition) is 2. The van der Waals surface area contributed by atoms with Crippen LogP contribution in [0.25, 0.3) is 0 Å². The Morgan fingerprint density at radius 3 is 2.48 bits per heavy atom. The fraction of sp³-hybridized carbons (Fsp3) is 0.526. The second-order valence-electron chi connectivity index (χ2n) is 7.33. The van der Waals surface area contributed by atoms with Crippen molar-refractivity contribution in [1.82, 2.24) is 15.5 Å². The molecule has 2 aliphatic rings. The van der Waals surface area contributed by atoms with Crippen molar-refractivity contribution in [3.05, 3.63) is 33.8 Å². The number of nitrogens with zero attached hydrogens (tertiary/aromatic N) is 1. The third-order valence-corrected chi connectivity index (χ3v) is 6.03. The molecule has 3 rings (SSSR count). The second kappa shape index (κ2) is 8.07. The fourth-order valence-corrected chi connectivity index (χ4v) is 3.98. The molecule has 1 atom stereocenters. The van der Waals surface area contributed by atoms with Gasteiger partial charge in [0.25, 0.3) is 5.91 Å². The van der Waals surface area contributed by atoms with Crippen molar-refractivity contribution in [2.45, 2.75) is 57.0 Å². The van der Waals surface area contributed by atoms with Crippen LogP contribution in [0.1, 0.15) is 51.0 Å². The van der Waals surface area contributed by atoms with E-state index in [1.807, 2.05) is 0 Å². The molecule has 6 nitrogen and oxygen atoms in total. The van der Waals surface area contributed by atoms with Crippen LogP contribution >= 0.6 is 23.2 Å². The van der Waals surface area contributed by atoms with Crippen LogP contribution in [0.3, 0.4) is 0 Å². The molecule has 1 aromatic rings. The molecule has 4 amide bonds. The maximum atomic E-state index is 12.9. The van der Waals surface area contributed by atoms with Crippen LogP contribution in [0.4, 0.5) is 4.79 Å². The Bertz CT molecular complexity index is 763. The summed E-state index contributed by atoms with van der Waals surface area (Å²) in [5.41, 5.74) is -0.768. The first-order valence-electron chi connectivity index (χ1n) is 9.20. The molecule has 1 aliphatic carbocycles. The minimum absolute atomic E-state index is 0.113. The average Bonchev–Trinajstić information content (AvgIpc) is 2.80. The van der Waals surface area contributed by atoms with E-state index in [4.69, 9.17) is 23.2 Å². The van der Waals surface area contributed by atoms with Crippen LogP contribution in [0, 0.1) is 0 Å². The highest BCUT2D eigenvalue weighted by Gasteiger charge is 2.49. The molecule has 1 aromatic carbocycles. The zero-order valence-electron chi connectivity index (χ0n) is 15.2. The molecule has 1 saturated heterocycles. The van der Waals surface area contributed by atoms with Gasteiger partial charge in [-0.2, -0.15) is 0 Å². The summed E-state index contributed by atoms with van der Waals surface area (Å²) in [6.07, 6.45) is 6.41. The fourth-order valence-electron chi connectivity index (χ4n) is 3.68. The van der Waals surface area contributed by atoms with E-state index in [-0.39, 0.29) is 18.5 Å². The Kier molecular flexibility index (Phi) is 5.96. The first kappa shape index (κ1) is 20.0. The van der Waals surface area contributed by atoms with Gasteiger partial charge in [0.2, 0.25) is 5.91 Å². The van der Waals surface area contributed by atoms with Gasteiger partial charge in [0.05, 0.1) is 10.0 Å². The van der Waals surface area contributed by atoms with Gasteiger partial charge in [0.15, 0.2) is 0 Å². The number of hydrogen-bond acceptors (Lipinski definition) is 3. The van der Waals surface area contributed by atoms with Crippen LogP contribution in [0.2, 0.25) is 10.0 Å². The number of carbonyl (C=O) groups is 3. The summed E-state index contributed by atoms with van der Waals surface area (Å²) in [4.78, 5) is 38.6. The molecule has 1 unspecified atom stereocenters. The number of amides is 4. The number of imide groups is 1. The normalized spacial score (nSPS) is 23.9. The molecule has 1 heterocycles. The van der Waals surface area contributed by atoms with E-state index in [1.165, 1.54) is 12.8 Å². The predicted molar refractivity (Wildman–Crippen MR) is 104 cm³/mol. The molecular formula is C19H23Cl2N3O3. The lowest BCUT2D eigenvalue weighted by Crippen LogP contribution is -2.45. The Balaban J connectivity index is 1.69. The van der Waals surface area contributed by atoms with Gasteiger partial charge in [-0.1, -0.05) is 55.0 Å². The smallest absolute Gasteiger partial charge is 0.325 e. The third kappa shape index (κ3) is 4.22. The molecule has 0 spiro atoms. The highest BCUT2D eigenvalue weighted by Crippen LogP contribution is 2.33. The Morgan fingerprint density at radius 2 is 1.85 bits per heavy atom. The van der Waals surface area contributed by atoms with Crippen molar-refractivity contribution in [1.29, 1.82) is 0 Å². The molecule has 2 N–H and O–H groups in total. The topological polar surface area (TPSA) is 78.5 Å². The van der Waals surface area contributed by atoms with Gasteiger partial charge in [0, 0.05) is 6.04 Å². The van der Waals surface area contributed by atoms with Gasteiger partial charge in [-0.05, 0) is 37.5 Å². The summed E-state index contributed by atoms with van der Waals surface area (Å²) in [6.45, 7) is 1.30. The number of nitrogens with one attached hydrogen (secondary N) is 2. The van der Waals surface area contributed by atoms with Gasteiger partial charge in [-0.15, -0.1) is 0 Å². The molecule has 0 radical (unpaired) electrons. The van der Waals surface area contributed by atoms with Crippen molar-refractivity contribution in [3.63, 3.8) is 0 Å². The van der Waals surface area contributed by atoms with Crippen molar-refractivity contribution in [2.75, 3.05) is 6.54 Å². The zero-order chi connectivity index (χ0) is 19.6. The lowest BCUT2D eigenvalue weighted by atomic mass is 9.92. The van der Waals surface area contributed by atoms with Gasteiger partial charge in [0.1, 0.15) is 12.1 Å². The molecule has 2 fully saturated rings. The maximum Gasteiger partial charge on any atom is 0.325 e. The molecule has 8 heteroatoms. The van der Waals surface area contributed by atoms with Crippen molar-refractivity contribution in [3.8, 4) is 0 Å². The molecule has 1 aliphatic heterocycles. The van der Waals surface area contributed by atoms with E-state index < -0.39 is 17.5 Å². The van der Waals surface area contributed by atoms with Crippen molar-refractivity contribution >= 4 is 41.0 Å². The highest BCUT2D eigenvalue weighted by atomic mass is 35.5. The lowest BCUT2D eigenvalue weighted by Gasteiger charge is -2.23. The lowest BCUT2D eigenvalue weighted by molar-refractivity contribution is -0.135. The second-order valence-corrected chi connectivity index (χ2v) is 8.15. The summed E-state index contributed by atoms with van der Waals surface area (Å²) in [6, 6.07) is 4.29. The van der Waals surface area contributed by atoms with Gasteiger partial charge in [-0.25, -0.2) is 4.79 Å². The standard InChI is InChI=1S/C19H23Cl2N3O3/c1-19(12-8-9-14(20)15(21)10-12)17(26)24(18(27)23-19)11-16(25)22-13-6-4-2-3-5-7-13/h8-10,13H,2-7,11H2,1H3,(H,22,25)(H,23,27). The number of rotatable bonds is 4. The van der Waals surface area contributed by atoms with Crippen LogP contribution < -0.4 is 10.6 Å². The van der Waals surface area contributed by atoms with Gasteiger partial charge in [-0.3, -0.25) is 14.5 Å². The summed E-state index contributed by atoms with van der Waals surface area (Å²) in [5, 5.41) is 6.28. The summed E-state index contributed by atoms with van der Waals surface area (Å²) >= 11 is 12.0. The van der Waals surface area contributed by atoms with Crippen molar-refractivity contribution in [2.24, 2.45) is 0 Å². The number of carbonyl (C=O) groups excluding carboxylic acids is 3. The van der Waals surface area contributed by atoms with Crippen LogP contribution in [0.15, 0.2) is 18.2 Å². The summed E-state index contributed by atoms with van der Waals surface area (Å²) in [7, 11) is 0. The molecule has 1 saturated carbocycles. The minimum atomic E-state index is -1.28. The monoisotopic (exact) mass is 411 g/mol. The molecule has 0 aromatic heterocycles. The zero-order valence-corrected chi connectivity index (χ0v) is 16.7. The van der Waals surface area contributed by atoms with E-state index in [0.29, 0.717) is 15.6 Å². The van der Waals surface area contributed by atoms with E-state index in [2.05, 4.69) is 10.6 Å². The minimum Gasteiger partial charge on any atom is -0.352 e. The third-order valence-electron chi connectivity index (χ3n) is 5.29. The summed E-state index contributed by atoms with van der Waals surface area (Å²) in [5.74, 6) is -0.800. The van der Waals surface area contributed by atoms with Crippen LogP contribution in [-0.4, -0.2) is 35.3 Å². The molecular weight excluding hydrogens is 389 g/mol. The Labute approximate surface area is 168 Å². The van der Waals surface area contributed by atoms with Gasteiger partial charge >= 0.3 is 6.03 Å². The Hall–Kier alpha value is -1.79. The first-order valence-corrected chi connectivity index (χ1v) is 9.96. The number of halogens is 2. The van der Waals surface area contributed by atoms with Crippen LogP contribution in [-0.2, 0) is 15.1 Å². The predicted octanol–water partition coefficient (Wildman–Crippen LogP) is 3.60. The van der Waals surface area contributed by atoms with E-state index in [1.54, 1.807) is 25.1 Å². The van der Waals surface area contributed by atoms with Gasteiger partial charge < -0.3 is 10.6 Å². The largest absolute Gasteiger partial charge is 0.352 e. The van der Waals surface area contributed by atoms with E-state index >= 15 is 0 Å². The highest BCUT2D eigenvalue weighted by molar-refractivity contribution is 6.42. The number of benzene rings is 1. The average molecular weight is 412 g/mol. The molecule has 27 heavy (non-hydrogen) atoms. The van der Waals surface area contributed by atoms with E-state index in [9.17, 15) is 14.4 Å². The van der Waals surface area contributed by atoms with Crippen molar-refractivity contribution < 1.29 is 14.4 Å². The molecule has 0 bridgehead atoms. The van der Waals surface area contributed by atoms with E-state index in [0.717, 1.165) is 30.6 Å². The van der Waals surface area contributed by atoms with Crippen LogP contribution in [0.5, 0.6) is 0 Å². The maximum absolute atomic E-state index is 12.9. The SMILES string of the molecule is CC1(c2ccc(Cl)c(Cl)c2)NC(=O)N(CC(=O)NC2CCCCCC2)C1=O.